The molecule has 4 aliphatic rings. The summed E-state index contributed by atoms with van der Waals surface area (Å²) in [5, 5.41) is 20.7. The molecule has 1 saturated heterocycles. The van der Waals surface area contributed by atoms with E-state index in [0.717, 1.165) is 42.7 Å². The number of carbonyl (C=O) groups is 3. The molecule has 5 atom stereocenters. The first-order valence-corrected chi connectivity index (χ1v) is 20.2. The number of aromatic nitrogens is 5. The summed E-state index contributed by atoms with van der Waals surface area (Å²) in [4.78, 5) is 49.7. The lowest BCUT2D eigenvalue weighted by molar-refractivity contribution is -0.141. The van der Waals surface area contributed by atoms with Gasteiger partial charge in [0.1, 0.15) is 23.4 Å². The van der Waals surface area contributed by atoms with E-state index < -0.39 is 80.8 Å². The lowest BCUT2D eigenvalue weighted by atomic mass is 9.85. The number of amides is 3. The van der Waals surface area contributed by atoms with Crippen molar-refractivity contribution in [3.63, 3.8) is 0 Å². The molecule has 0 unspecified atom stereocenters. The molecule has 8 bridgehead atoms. The van der Waals surface area contributed by atoms with Crippen LogP contribution in [-0.2, 0) is 37.2 Å². The molecule has 3 amide bonds. The van der Waals surface area contributed by atoms with E-state index in [2.05, 4.69) is 26.0 Å². The molecule has 2 aromatic heterocycles. The maximum Gasteiger partial charge on any atom is 0.259 e. The average Bonchev–Trinajstić information content (AvgIpc) is 3.91. The summed E-state index contributed by atoms with van der Waals surface area (Å²) in [7, 11) is -2.48. The van der Waals surface area contributed by atoms with E-state index in [1.807, 2.05) is 49.1 Å². The van der Waals surface area contributed by atoms with Crippen LogP contribution in [0, 0.1) is 11.3 Å². The Hall–Kier alpha value is -4.26. The van der Waals surface area contributed by atoms with Gasteiger partial charge in [-0.15, -0.1) is 21.5 Å². The maximum absolute atomic E-state index is 14.6. The van der Waals surface area contributed by atoms with Crippen LogP contribution >= 0.6 is 11.3 Å². The van der Waals surface area contributed by atoms with Crippen LogP contribution in [0.25, 0.3) is 11.4 Å². The molecule has 0 spiro atoms. The highest BCUT2D eigenvalue weighted by Crippen LogP contribution is 2.48. The summed E-state index contributed by atoms with van der Waals surface area (Å²) in [5.41, 5.74) is -0.285. The molecule has 4 heterocycles. The van der Waals surface area contributed by atoms with Crippen LogP contribution in [0.1, 0.15) is 76.6 Å². The number of thiazole rings is 1. The van der Waals surface area contributed by atoms with Gasteiger partial charge in [0.2, 0.25) is 34.1 Å². The topological polar surface area (TPSA) is 190 Å². The van der Waals surface area contributed by atoms with Crippen molar-refractivity contribution in [1.82, 2.24) is 40.1 Å². The Bertz CT molecular complexity index is 2010. The monoisotopic (exact) mass is 775 g/mol. The third-order valence-electron chi connectivity index (χ3n) is 10.5. The molecule has 1 aromatic carbocycles. The number of halogens is 2. The molecule has 7 rings (SSSR count). The Morgan fingerprint density at radius 2 is 1.92 bits per heavy atom. The number of hydrogen-bond acceptors (Lipinski definition) is 12. The Kier molecular flexibility index (Phi) is 9.70. The average molecular weight is 776 g/mol. The SMILES string of the molecule is COc1ccc2cc1CCCCc1csc(n1)N[C@@H](C(C)(C)C)C(=O)N1C[C@@H](C[C@H]1C(=O)N[C@]1(C(=O)NS(=O)(=O)C3CC3)C[C@H]1C(F)F)n1nnc-2n1. The van der Waals surface area contributed by atoms with E-state index in [1.54, 1.807) is 7.11 Å². The molecule has 2 aliphatic heterocycles. The standard InChI is InChI=1S/C34H43F2N9O6S2/c1-33(2,3)26-30(47)44-16-21(14-24(44)29(46)39-34(15-23(34)27(35)36)31(48)42-53(49,50)22-10-11-22)45-41-28(40-43-45)19-9-12-25(51-4)18(13-19)7-5-6-8-20-17-52-32(37-20)38-26/h9,12-13,17,21-24,26-27H,5-8,10-11,14-16H2,1-4H3,(H,37,38)(H,39,46)(H,42,48)/t21-,23+,24+,26-,34-/m1/s1. The number of fused-ring (bicyclic) bond motifs is 10. The van der Waals surface area contributed by atoms with Gasteiger partial charge in [0, 0.05) is 23.9 Å². The second kappa shape index (κ2) is 13.9. The Balaban J connectivity index is 1.24. The number of rotatable bonds is 7. The summed E-state index contributed by atoms with van der Waals surface area (Å²) in [5.74, 6) is -3.07. The van der Waals surface area contributed by atoms with Crippen LogP contribution in [-0.4, -0.2) is 99.2 Å². The van der Waals surface area contributed by atoms with Gasteiger partial charge in [-0.2, -0.15) is 4.80 Å². The molecule has 0 radical (unpaired) electrons. The third kappa shape index (κ3) is 7.46. The molecular formula is C34H43F2N9O6S2. The molecule has 2 saturated carbocycles. The highest BCUT2D eigenvalue weighted by Gasteiger charge is 2.66. The van der Waals surface area contributed by atoms with E-state index in [-0.39, 0.29) is 13.0 Å². The van der Waals surface area contributed by atoms with E-state index in [9.17, 15) is 31.6 Å². The van der Waals surface area contributed by atoms with E-state index in [0.29, 0.717) is 29.4 Å². The zero-order chi connectivity index (χ0) is 37.9. The second-order valence-electron chi connectivity index (χ2n) is 15.4. The normalized spacial score (nSPS) is 26.2. The number of sulfonamides is 1. The highest BCUT2D eigenvalue weighted by atomic mass is 32.2. The van der Waals surface area contributed by atoms with E-state index >= 15 is 0 Å². The van der Waals surface area contributed by atoms with Gasteiger partial charge < -0.3 is 20.3 Å². The van der Waals surface area contributed by atoms with Crippen molar-refractivity contribution < 1.29 is 36.3 Å². The number of benzene rings is 1. The number of anilines is 1. The van der Waals surface area contributed by atoms with Crippen molar-refractivity contribution in [2.45, 2.75) is 107 Å². The fourth-order valence-electron chi connectivity index (χ4n) is 7.17. The number of nitrogens with zero attached hydrogens (tertiary/aromatic N) is 6. The van der Waals surface area contributed by atoms with Gasteiger partial charge in [-0.3, -0.25) is 19.1 Å². The van der Waals surface area contributed by atoms with Crippen LogP contribution in [0.4, 0.5) is 13.9 Å². The number of alkyl halides is 2. The first-order valence-electron chi connectivity index (χ1n) is 17.7. The first-order chi connectivity index (χ1) is 25.1. The highest BCUT2D eigenvalue weighted by molar-refractivity contribution is 7.91. The summed E-state index contributed by atoms with van der Waals surface area (Å²) in [6.45, 7) is 5.59. The number of methoxy groups -OCH3 is 1. The predicted octanol–water partition coefficient (Wildman–Crippen LogP) is 3.10. The van der Waals surface area contributed by atoms with Gasteiger partial charge in [-0.05, 0) is 79.3 Å². The van der Waals surface area contributed by atoms with Gasteiger partial charge >= 0.3 is 0 Å². The van der Waals surface area contributed by atoms with Crippen molar-refractivity contribution >= 4 is 44.2 Å². The van der Waals surface area contributed by atoms with Crippen molar-refractivity contribution in [3.8, 4) is 17.1 Å². The molecule has 3 N–H and O–H groups in total. The minimum atomic E-state index is -4.09. The van der Waals surface area contributed by atoms with Gasteiger partial charge in [0.25, 0.3) is 5.91 Å². The van der Waals surface area contributed by atoms with E-state index in [4.69, 9.17) is 9.72 Å². The van der Waals surface area contributed by atoms with Gasteiger partial charge in [0.15, 0.2) is 5.13 Å². The van der Waals surface area contributed by atoms with Crippen molar-refractivity contribution in [1.29, 1.82) is 0 Å². The second-order valence-corrected chi connectivity index (χ2v) is 18.3. The van der Waals surface area contributed by atoms with Crippen LogP contribution in [0.5, 0.6) is 5.75 Å². The first kappa shape index (κ1) is 37.1. The lowest BCUT2D eigenvalue weighted by Crippen LogP contribution is -2.59. The Labute approximate surface area is 309 Å². The number of hydrogen-bond donors (Lipinski definition) is 3. The third-order valence-corrected chi connectivity index (χ3v) is 13.1. The summed E-state index contributed by atoms with van der Waals surface area (Å²) < 4.78 is 61.0. The number of ether oxygens (including phenoxy) is 1. The fourth-order valence-corrected chi connectivity index (χ4v) is 9.31. The molecule has 286 valence electrons. The van der Waals surface area contributed by atoms with E-state index in [1.165, 1.54) is 21.0 Å². The predicted molar refractivity (Wildman–Crippen MR) is 190 cm³/mol. The summed E-state index contributed by atoms with van der Waals surface area (Å²) in [6, 6.07) is 2.85. The van der Waals surface area contributed by atoms with Crippen LogP contribution < -0.4 is 20.1 Å². The Morgan fingerprint density at radius 3 is 2.60 bits per heavy atom. The number of aryl methyl sites for hydroxylation is 2. The zero-order valence-electron chi connectivity index (χ0n) is 29.8. The van der Waals surface area contributed by atoms with Gasteiger partial charge in [-0.25, -0.2) is 22.2 Å². The van der Waals surface area contributed by atoms with Crippen molar-refractivity contribution in [2.75, 3.05) is 19.0 Å². The number of carbonyl (C=O) groups excluding carboxylic acids is 3. The summed E-state index contributed by atoms with van der Waals surface area (Å²) >= 11 is 1.37. The lowest BCUT2D eigenvalue weighted by Gasteiger charge is -2.35. The molecule has 2 aliphatic carbocycles. The van der Waals surface area contributed by atoms with Gasteiger partial charge in [0.05, 0.1) is 30.0 Å². The van der Waals surface area contributed by atoms with Crippen LogP contribution in [0.2, 0.25) is 0 Å². The molecule has 53 heavy (non-hydrogen) atoms. The van der Waals surface area contributed by atoms with Crippen molar-refractivity contribution in [3.05, 3.63) is 34.8 Å². The molecular weight excluding hydrogens is 733 g/mol. The maximum atomic E-state index is 14.6. The summed E-state index contributed by atoms with van der Waals surface area (Å²) in [6.07, 6.45) is 0.407. The molecule has 19 heteroatoms. The Morgan fingerprint density at radius 1 is 1.17 bits per heavy atom. The minimum Gasteiger partial charge on any atom is -0.496 e. The van der Waals surface area contributed by atoms with Crippen LogP contribution in [0.3, 0.4) is 0 Å². The largest absolute Gasteiger partial charge is 0.496 e. The van der Waals surface area contributed by atoms with Gasteiger partial charge in [-0.1, -0.05) is 20.8 Å². The minimum absolute atomic E-state index is 0.0308. The van der Waals surface area contributed by atoms with Crippen LogP contribution in [0.15, 0.2) is 23.6 Å². The number of tetrazole rings is 1. The number of nitrogens with one attached hydrogen (secondary N) is 3. The smallest absolute Gasteiger partial charge is 0.259 e. The zero-order valence-corrected chi connectivity index (χ0v) is 31.5. The molecule has 3 aromatic rings. The fraction of sp³-hybridized carbons (Fsp3) is 0.618. The van der Waals surface area contributed by atoms with Crippen molar-refractivity contribution in [2.24, 2.45) is 11.3 Å². The molecule has 3 fully saturated rings. The quantitative estimate of drug-likeness (QED) is 0.320. The molecule has 15 nitrogen and oxygen atoms in total.